The highest BCUT2D eigenvalue weighted by Crippen LogP contribution is 2.29. The molecule has 168 valence electrons. The van der Waals surface area contributed by atoms with Crippen LogP contribution in [-0.4, -0.2) is 31.7 Å². The van der Waals surface area contributed by atoms with Gasteiger partial charge in [0.15, 0.2) is 0 Å². The molecule has 1 aliphatic heterocycles. The Morgan fingerprint density at radius 3 is 2.31 bits per heavy atom. The van der Waals surface area contributed by atoms with E-state index in [1.165, 1.54) is 16.4 Å². The van der Waals surface area contributed by atoms with Gasteiger partial charge in [-0.25, -0.2) is 12.8 Å². The topological polar surface area (TPSA) is 57.7 Å². The van der Waals surface area contributed by atoms with Gasteiger partial charge in [-0.2, -0.15) is 4.31 Å². The van der Waals surface area contributed by atoms with Gasteiger partial charge in [-0.1, -0.05) is 23.8 Å². The summed E-state index contributed by atoms with van der Waals surface area (Å²) < 4.78 is 40.8. The highest BCUT2D eigenvalue weighted by molar-refractivity contribution is 7.89. The van der Waals surface area contributed by atoms with Gasteiger partial charge in [0.25, 0.3) is 0 Å². The number of hydrogen-bond donors (Lipinski definition) is 0. The molecule has 1 aliphatic rings. The van der Waals surface area contributed by atoms with Crippen LogP contribution in [0.4, 0.5) is 10.1 Å². The Bertz CT molecular complexity index is 1150. The fraction of sp³-hybridized carbons (Fsp3) is 0.292. The maximum absolute atomic E-state index is 13.4. The van der Waals surface area contributed by atoms with E-state index in [9.17, 15) is 17.6 Å². The van der Waals surface area contributed by atoms with Crippen LogP contribution in [0.15, 0.2) is 70.9 Å². The second-order valence-electron chi connectivity index (χ2n) is 7.97. The number of carbonyl (C=O) groups is 1. The standard InChI is InChI=1S/C24H25FN2O3S2/c1-18-4-10-23(11-5-18)32(29,30)26-14-12-19(13-15-26)24(28)27(17-22-3-2-16-31-22)21-8-6-20(25)7-9-21/h2-11,16,19H,12-15,17H2,1H3. The van der Waals surface area contributed by atoms with Crippen LogP contribution in [0.25, 0.3) is 0 Å². The average Bonchev–Trinajstić information content (AvgIpc) is 3.31. The van der Waals surface area contributed by atoms with Crippen molar-refractivity contribution in [1.82, 2.24) is 4.31 Å². The van der Waals surface area contributed by atoms with Crippen LogP contribution >= 0.6 is 11.3 Å². The molecule has 0 unspecified atom stereocenters. The van der Waals surface area contributed by atoms with E-state index in [-0.39, 0.29) is 22.5 Å². The summed E-state index contributed by atoms with van der Waals surface area (Å²) in [6.45, 7) is 2.91. The zero-order valence-electron chi connectivity index (χ0n) is 17.8. The number of rotatable bonds is 6. The number of halogens is 1. The number of benzene rings is 2. The summed E-state index contributed by atoms with van der Waals surface area (Å²) in [5.41, 5.74) is 1.64. The minimum atomic E-state index is -3.58. The van der Waals surface area contributed by atoms with Gasteiger partial charge in [0, 0.05) is 29.6 Å². The molecule has 0 bridgehead atoms. The molecular weight excluding hydrogens is 447 g/mol. The first kappa shape index (κ1) is 22.6. The predicted octanol–water partition coefficient (Wildman–Crippen LogP) is 4.83. The highest BCUT2D eigenvalue weighted by Gasteiger charge is 2.34. The summed E-state index contributed by atoms with van der Waals surface area (Å²) in [5, 5.41) is 1.96. The first-order valence-corrected chi connectivity index (χ1v) is 12.8. The van der Waals surface area contributed by atoms with Crippen LogP contribution in [0.5, 0.6) is 0 Å². The van der Waals surface area contributed by atoms with Crippen molar-refractivity contribution in [2.24, 2.45) is 5.92 Å². The number of hydrogen-bond acceptors (Lipinski definition) is 4. The summed E-state index contributed by atoms with van der Waals surface area (Å²) in [5.74, 6) is -0.700. The number of anilines is 1. The number of amides is 1. The second kappa shape index (κ2) is 9.52. The molecule has 1 aromatic heterocycles. The molecule has 3 aromatic rings. The summed E-state index contributed by atoms with van der Waals surface area (Å²) >= 11 is 1.56. The number of aryl methyl sites for hydroxylation is 1. The van der Waals surface area contributed by atoms with Gasteiger partial charge < -0.3 is 4.90 Å². The zero-order chi connectivity index (χ0) is 22.7. The van der Waals surface area contributed by atoms with Gasteiger partial charge in [-0.3, -0.25) is 4.79 Å². The first-order valence-electron chi connectivity index (χ1n) is 10.5. The van der Waals surface area contributed by atoms with Crippen molar-refractivity contribution < 1.29 is 17.6 Å². The van der Waals surface area contributed by atoms with Crippen LogP contribution in [0.2, 0.25) is 0 Å². The molecule has 0 radical (unpaired) electrons. The van der Waals surface area contributed by atoms with Crippen LogP contribution in [0.1, 0.15) is 23.3 Å². The number of thiophene rings is 1. The summed E-state index contributed by atoms with van der Waals surface area (Å²) in [7, 11) is -3.58. The van der Waals surface area contributed by atoms with E-state index in [1.54, 1.807) is 52.6 Å². The Morgan fingerprint density at radius 1 is 1.06 bits per heavy atom. The molecule has 5 nitrogen and oxygen atoms in total. The molecule has 0 N–H and O–H groups in total. The van der Waals surface area contributed by atoms with Crippen molar-refractivity contribution in [3.05, 3.63) is 82.3 Å². The molecule has 0 spiro atoms. The fourth-order valence-corrected chi connectivity index (χ4v) is 6.06. The van der Waals surface area contributed by atoms with Crippen molar-refractivity contribution >= 4 is 33.0 Å². The Hall–Kier alpha value is -2.55. The maximum atomic E-state index is 13.4. The van der Waals surface area contributed by atoms with E-state index in [0.717, 1.165) is 10.4 Å². The Balaban J connectivity index is 1.48. The smallest absolute Gasteiger partial charge is 0.243 e. The van der Waals surface area contributed by atoms with E-state index in [2.05, 4.69) is 0 Å². The molecule has 8 heteroatoms. The zero-order valence-corrected chi connectivity index (χ0v) is 19.4. The molecule has 1 amide bonds. The lowest BCUT2D eigenvalue weighted by Gasteiger charge is -2.33. The minimum absolute atomic E-state index is 0.0580. The quantitative estimate of drug-likeness (QED) is 0.516. The third-order valence-electron chi connectivity index (χ3n) is 5.76. The monoisotopic (exact) mass is 472 g/mol. The molecule has 0 aliphatic carbocycles. The van der Waals surface area contributed by atoms with Crippen LogP contribution in [-0.2, 0) is 21.4 Å². The van der Waals surface area contributed by atoms with Gasteiger partial charge in [0.05, 0.1) is 11.4 Å². The second-order valence-corrected chi connectivity index (χ2v) is 10.9. The van der Waals surface area contributed by atoms with Crippen molar-refractivity contribution in [3.8, 4) is 0 Å². The van der Waals surface area contributed by atoms with Crippen LogP contribution in [0, 0.1) is 18.7 Å². The normalized spacial score (nSPS) is 15.6. The average molecular weight is 473 g/mol. The number of piperidine rings is 1. The largest absolute Gasteiger partial charge is 0.307 e. The Kier molecular flexibility index (Phi) is 6.74. The van der Waals surface area contributed by atoms with Gasteiger partial charge >= 0.3 is 0 Å². The van der Waals surface area contributed by atoms with Gasteiger partial charge in [0.2, 0.25) is 15.9 Å². The maximum Gasteiger partial charge on any atom is 0.243 e. The molecule has 32 heavy (non-hydrogen) atoms. The number of sulfonamides is 1. The minimum Gasteiger partial charge on any atom is -0.307 e. The van der Waals surface area contributed by atoms with Gasteiger partial charge in [-0.15, -0.1) is 11.3 Å². The van der Waals surface area contributed by atoms with E-state index in [1.807, 2.05) is 24.4 Å². The third-order valence-corrected chi connectivity index (χ3v) is 8.53. The molecule has 2 aromatic carbocycles. The van der Waals surface area contributed by atoms with Gasteiger partial charge in [0.1, 0.15) is 5.82 Å². The van der Waals surface area contributed by atoms with Crippen molar-refractivity contribution in [2.45, 2.75) is 31.2 Å². The van der Waals surface area contributed by atoms with E-state index in [4.69, 9.17) is 0 Å². The van der Waals surface area contributed by atoms with E-state index in [0.29, 0.717) is 38.2 Å². The highest BCUT2D eigenvalue weighted by atomic mass is 32.2. The summed E-state index contributed by atoms with van der Waals surface area (Å²) in [4.78, 5) is 16.4. The van der Waals surface area contributed by atoms with Crippen LogP contribution in [0.3, 0.4) is 0 Å². The first-order chi connectivity index (χ1) is 15.3. The molecular formula is C24H25FN2O3S2. The molecule has 0 saturated carbocycles. The Labute approximate surface area is 192 Å². The predicted molar refractivity (Wildman–Crippen MR) is 125 cm³/mol. The van der Waals surface area contributed by atoms with Crippen molar-refractivity contribution in [2.75, 3.05) is 18.0 Å². The molecule has 1 saturated heterocycles. The lowest BCUT2D eigenvalue weighted by atomic mass is 9.96. The number of carbonyl (C=O) groups excluding carboxylic acids is 1. The van der Waals surface area contributed by atoms with Crippen LogP contribution < -0.4 is 4.90 Å². The third kappa shape index (κ3) is 4.92. The van der Waals surface area contributed by atoms with Crippen molar-refractivity contribution in [1.29, 1.82) is 0 Å². The van der Waals surface area contributed by atoms with E-state index < -0.39 is 10.0 Å². The molecule has 2 heterocycles. The lowest BCUT2D eigenvalue weighted by Crippen LogP contribution is -2.44. The molecule has 0 atom stereocenters. The van der Waals surface area contributed by atoms with Crippen molar-refractivity contribution in [3.63, 3.8) is 0 Å². The molecule has 4 rings (SSSR count). The summed E-state index contributed by atoms with van der Waals surface area (Å²) in [6, 6.07) is 16.6. The lowest BCUT2D eigenvalue weighted by molar-refractivity contribution is -0.123. The van der Waals surface area contributed by atoms with E-state index >= 15 is 0 Å². The molecule has 1 fully saturated rings. The fourth-order valence-electron chi connectivity index (χ4n) is 3.90. The summed E-state index contributed by atoms with van der Waals surface area (Å²) in [6.07, 6.45) is 0.901. The van der Waals surface area contributed by atoms with Gasteiger partial charge in [-0.05, 0) is 67.6 Å². The number of nitrogens with zero attached hydrogens (tertiary/aromatic N) is 2. The SMILES string of the molecule is Cc1ccc(S(=O)(=O)N2CCC(C(=O)N(Cc3cccs3)c3ccc(F)cc3)CC2)cc1. The Morgan fingerprint density at radius 2 is 1.72 bits per heavy atom.